The van der Waals surface area contributed by atoms with E-state index < -0.39 is 0 Å². The molecule has 4 nitrogen and oxygen atoms in total. The maximum Gasteiger partial charge on any atom is 0.104 e. The molecule has 4 heteroatoms. The third-order valence-electron chi connectivity index (χ3n) is 12.1. The van der Waals surface area contributed by atoms with Gasteiger partial charge in [-0.15, -0.1) is 0 Å². The first-order valence-corrected chi connectivity index (χ1v) is 21.7. The molecule has 2 aliphatic rings. The predicted octanol–water partition coefficient (Wildman–Crippen LogP) is 11.9. The Labute approximate surface area is 309 Å². The van der Waals surface area contributed by atoms with Crippen LogP contribution >= 0.6 is 0 Å². The lowest BCUT2D eigenvalue weighted by atomic mass is 10.0. The minimum Gasteiger partial charge on any atom is -0.370 e. The lowest BCUT2D eigenvalue weighted by Gasteiger charge is -2.41. The van der Waals surface area contributed by atoms with Gasteiger partial charge < -0.3 is 18.4 Å². The number of benzene rings is 2. The number of hydrogen-bond donors (Lipinski definition) is 0. The molecule has 0 unspecified atom stereocenters. The molecule has 2 fully saturated rings. The van der Waals surface area contributed by atoms with Gasteiger partial charge in [0.25, 0.3) is 0 Å². The van der Waals surface area contributed by atoms with E-state index in [9.17, 15) is 0 Å². The van der Waals surface area contributed by atoms with Gasteiger partial charge in [-0.3, -0.25) is 0 Å². The number of ether oxygens (including phenoxy) is 2. The number of nitrogens with zero attached hydrogens (tertiary/aromatic N) is 2. The van der Waals surface area contributed by atoms with Crippen molar-refractivity contribution in [3.8, 4) is 11.1 Å². The van der Waals surface area contributed by atoms with Crippen molar-refractivity contribution in [3.63, 3.8) is 0 Å². The summed E-state index contributed by atoms with van der Waals surface area (Å²) in [7, 11) is 0. The van der Waals surface area contributed by atoms with Crippen LogP contribution in [0.5, 0.6) is 0 Å². The Hall–Kier alpha value is -1.72. The zero-order chi connectivity index (χ0) is 35.0. The number of quaternary nitrogens is 2. The van der Waals surface area contributed by atoms with E-state index in [1.165, 1.54) is 173 Å². The summed E-state index contributed by atoms with van der Waals surface area (Å²) in [5, 5.41) is 0. The summed E-state index contributed by atoms with van der Waals surface area (Å²) < 4.78 is 14.1. The molecule has 2 heterocycles. The van der Waals surface area contributed by atoms with E-state index >= 15 is 0 Å². The molecular formula is C46H78N2O2+2. The number of hydrogen-bond acceptors (Lipinski definition) is 2. The fourth-order valence-electron chi connectivity index (χ4n) is 8.63. The van der Waals surface area contributed by atoms with Crippen LogP contribution in [0.2, 0.25) is 0 Å². The molecule has 2 aliphatic heterocycles. The lowest BCUT2D eigenvalue weighted by Crippen LogP contribution is -2.54. The summed E-state index contributed by atoms with van der Waals surface area (Å²) in [6.07, 6.45) is 28.1. The average Bonchev–Trinajstić information content (AvgIpc) is 3.15. The fourth-order valence-corrected chi connectivity index (χ4v) is 8.63. The maximum atomic E-state index is 5.83. The molecule has 0 spiro atoms. The van der Waals surface area contributed by atoms with Crippen molar-refractivity contribution >= 4 is 0 Å². The van der Waals surface area contributed by atoms with Crippen LogP contribution < -0.4 is 0 Å². The van der Waals surface area contributed by atoms with Gasteiger partial charge in [0, 0.05) is 11.1 Å². The zero-order valence-electron chi connectivity index (χ0n) is 33.0. The number of unbranched alkanes of at least 4 members (excludes halogenated alkanes) is 18. The quantitative estimate of drug-likeness (QED) is 0.0686. The molecule has 0 bridgehead atoms. The molecule has 0 amide bonds. The van der Waals surface area contributed by atoms with Crippen LogP contribution in [-0.2, 0) is 22.6 Å². The molecule has 282 valence electrons. The van der Waals surface area contributed by atoms with Gasteiger partial charge in [-0.25, -0.2) is 0 Å². The molecule has 0 aromatic heterocycles. The van der Waals surface area contributed by atoms with Crippen molar-refractivity contribution < 1.29 is 18.4 Å². The molecule has 0 saturated carbocycles. The lowest BCUT2D eigenvalue weighted by molar-refractivity contribution is -0.947. The number of morpholine rings is 2. The highest BCUT2D eigenvalue weighted by Gasteiger charge is 2.31. The van der Waals surface area contributed by atoms with Crippen LogP contribution in [0.15, 0.2) is 48.5 Å². The largest absolute Gasteiger partial charge is 0.370 e. The molecule has 2 aromatic rings. The second-order valence-corrected chi connectivity index (χ2v) is 16.3. The highest BCUT2D eigenvalue weighted by atomic mass is 16.5. The molecule has 0 aliphatic carbocycles. The van der Waals surface area contributed by atoms with Crippen LogP contribution in [0.1, 0.15) is 153 Å². The molecule has 0 radical (unpaired) electrons. The Kier molecular flexibility index (Phi) is 20.1. The summed E-state index contributed by atoms with van der Waals surface area (Å²) in [4.78, 5) is 0. The van der Waals surface area contributed by atoms with Gasteiger partial charge in [-0.2, -0.15) is 0 Å². The molecule has 50 heavy (non-hydrogen) atoms. The summed E-state index contributed by atoms with van der Waals surface area (Å²) in [6, 6.07) is 19.1. The molecule has 2 aromatic carbocycles. The van der Waals surface area contributed by atoms with E-state index in [-0.39, 0.29) is 0 Å². The van der Waals surface area contributed by atoms with Gasteiger partial charge in [0.15, 0.2) is 0 Å². The van der Waals surface area contributed by atoms with Gasteiger partial charge in [-0.1, -0.05) is 165 Å². The molecular weight excluding hydrogens is 613 g/mol. The van der Waals surface area contributed by atoms with Crippen molar-refractivity contribution in [1.82, 2.24) is 0 Å². The van der Waals surface area contributed by atoms with E-state index in [1.807, 2.05) is 0 Å². The van der Waals surface area contributed by atoms with Crippen molar-refractivity contribution in [2.75, 3.05) is 65.7 Å². The predicted molar refractivity (Wildman–Crippen MR) is 214 cm³/mol. The van der Waals surface area contributed by atoms with E-state index in [0.29, 0.717) is 0 Å². The van der Waals surface area contributed by atoms with Crippen molar-refractivity contribution in [2.24, 2.45) is 0 Å². The third kappa shape index (κ3) is 15.5. The first-order chi connectivity index (χ1) is 24.7. The molecule has 2 saturated heterocycles. The summed E-state index contributed by atoms with van der Waals surface area (Å²) in [5.74, 6) is 0. The first-order valence-electron chi connectivity index (χ1n) is 21.7. The Bertz CT molecular complexity index is 1010. The van der Waals surface area contributed by atoms with Crippen LogP contribution in [0.4, 0.5) is 0 Å². The minimum absolute atomic E-state index is 0.911. The highest BCUT2D eigenvalue weighted by molar-refractivity contribution is 5.63. The van der Waals surface area contributed by atoms with E-state index in [0.717, 1.165) is 65.7 Å². The average molecular weight is 691 g/mol. The van der Waals surface area contributed by atoms with Gasteiger partial charge in [-0.05, 0) is 36.8 Å². The minimum atomic E-state index is 0.911. The monoisotopic (exact) mass is 691 g/mol. The van der Waals surface area contributed by atoms with Crippen molar-refractivity contribution in [1.29, 1.82) is 0 Å². The maximum absolute atomic E-state index is 5.83. The highest BCUT2D eigenvalue weighted by Crippen LogP contribution is 2.26. The van der Waals surface area contributed by atoms with E-state index in [1.54, 1.807) is 0 Å². The van der Waals surface area contributed by atoms with Gasteiger partial charge in [0.05, 0.1) is 39.5 Å². The Morgan fingerprint density at radius 1 is 0.380 bits per heavy atom. The second kappa shape index (κ2) is 24.5. The Balaban J connectivity index is 1.21. The van der Waals surface area contributed by atoms with Gasteiger partial charge in [0.1, 0.15) is 39.3 Å². The van der Waals surface area contributed by atoms with Crippen molar-refractivity contribution in [2.45, 2.75) is 155 Å². The zero-order valence-corrected chi connectivity index (χ0v) is 33.0. The standard InChI is InChI=1S/C46H78N2O2/c1-3-5-7-9-11-13-15-17-19-21-31-47(33-37-49-38-34-47)41-43-23-27-45(28-24-43)46-29-25-44(26-30-46)42-48(35-39-50-40-36-48)32-22-20-18-16-14-12-10-8-6-4-2/h23-30H,3-22,31-42H2,1-2H3/q+2. The van der Waals surface area contributed by atoms with Crippen LogP contribution in [0, 0.1) is 0 Å². The first kappa shape index (κ1) is 41.0. The smallest absolute Gasteiger partial charge is 0.104 e. The Morgan fingerprint density at radius 2 is 0.660 bits per heavy atom. The van der Waals surface area contributed by atoms with Crippen molar-refractivity contribution in [3.05, 3.63) is 59.7 Å². The summed E-state index contributed by atoms with van der Waals surface area (Å²) in [5.41, 5.74) is 5.63. The summed E-state index contributed by atoms with van der Waals surface area (Å²) in [6.45, 7) is 17.8. The van der Waals surface area contributed by atoms with Crippen LogP contribution in [-0.4, -0.2) is 74.7 Å². The van der Waals surface area contributed by atoms with Gasteiger partial charge in [0.2, 0.25) is 0 Å². The Morgan fingerprint density at radius 3 is 0.960 bits per heavy atom. The van der Waals surface area contributed by atoms with E-state index in [4.69, 9.17) is 9.47 Å². The number of rotatable bonds is 27. The third-order valence-corrected chi connectivity index (χ3v) is 12.1. The van der Waals surface area contributed by atoms with Gasteiger partial charge >= 0.3 is 0 Å². The van der Waals surface area contributed by atoms with E-state index in [2.05, 4.69) is 62.4 Å². The second-order valence-electron chi connectivity index (χ2n) is 16.3. The molecule has 0 N–H and O–H groups in total. The summed E-state index contributed by atoms with van der Waals surface area (Å²) >= 11 is 0. The fraction of sp³-hybridized carbons (Fsp3) is 0.739. The van der Waals surface area contributed by atoms with Crippen LogP contribution in [0.25, 0.3) is 11.1 Å². The normalized spacial score (nSPS) is 17.2. The SMILES string of the molecule is CCCCCCCCCCCC[N+]1(Cc2ccc(-c3ccc(C[N+]4(CCCCCCCCCCCC)CCOCC4)cc3)cc2)CCOCC1. The molecule has 4 rings (SSSR count). The molecule has 0 atom stereocenters. The topological polar surface area (TPSA) is 18.5 Å². The van der Waals surface area contributed by atoms with Crippen LogP contribution in [0.3, 0.4) is 0 Å².